The SMILES string of the molecule is C[Si](C)(C)CCOC(=O)CO/N=S1\C=C(CC(=O)N[C@@H]2C(=O)N(S(=O)(=O)[O-])[C@@H]2N=[N+]=[N-])NC1=NC(c1ccccc1)(c1ccccc1)c1ccccc1.[Na+]. The van der Waals surface area contributed by atoms with E-state index in [0.717, 1.165) is 22.7 Å². The Morgan fingerprint density at radius 2 is 1.54 bits per heavy atom. The number of hydrogen-bond donors (Lipinski definition) is 2. The van der Waals surface area contributed by atoms with Crippen molar-refractivity contribution in [1.29, 1.82) is 0 Å². The van der Waals surface area contributed by atoms with Gasteiger partial charge in [0.05, 0.1) is 13.0 Å². The van der Waals surface area contributed by atoms with E-state index < -0.39 is 71.2 Å². The molecule has 0 spiro atoms. The van der Waals surface area contributed by atoms with Gasteiger partial charge in [0.15, 0.2) is 28.2 Å². The zero-order valence-electron chi connectivity index (χ0n) is 30.0. The molecule has 2 aliphatic heterocycles. The number of amidine groups is 1. The molecule has 1 fully saturated rings. The summed E-state index contributed by atoms with van der Waals surface area (Å²) in [5.41, 5.74) is 10.5. The van der Waals surface area contributed by atoms with Crippen LogP contribution in [0.2, 0.25) is 25.7 Å². The number of carbonyl (C=O) groups is 3. The van der Waals surface area contributed by atoms with Crippen molar-refractivity contribution in [2.24, 2.45) is 14.6 Å². The minimum absolute atomic E-state index is 0. The van der Waals surface area contributed by atoms with Crippen molar-refractivity contribution in [3.05, 3.63) is 129 Å². The second-order valence-corrected chi connectivity index (χ2v) is 21.4. The standard InChI is InChI=1S/C34H38N8O8S2Si.Na/c1-53(2,3)20-19-49-29(44)22-50-41-51-23-27(21-28(43)37-30-31(39-40-35)42(32(30)45)52(46,47)48)36-33(51)38-34(24-13-7-4-8-14-24,25-15-9-5-10-16-25)26-17-11-6-12-18-26;/h4-18,23,30-31H,19-22H2,1-3H3,(H,36,38)(H,37,43)(H,46,47,48);/q;+1/p-1/t30-,31-,51?;/m0./s1. The van der Waals surface area contributed by atoms with Gasteiger partial charge < -0.3 is 19.9 Å². The van der Waals surface area contributed by atoms with Crippen molar-refractivity contribution in [3.63, 3.8) is 0 Å². The molecule has 0 saturated carbocycles. The van der Waals surface area contributed by atoms with Gasteiger partial charge in [0, 0.05) is 34.8 Å². The number of aliphatic imine (C=N–C) groups is 1. The summed E-state index contributed by atoms with van der Waals surface area (Å²) in [4.78, 5) is 51.5. The van der Waals surface area contributed by atoms with E-state index in [4.69, 9.17) is 20.1 Å². The summed E-state index contributed by atoms with van der Waals surface area (Å²) in [6.07, 6.45) is -2.14. The van der Waals surface area contributed by atoms with Gasteiger partial charge >= 0.3 is 35.5 Å². The fraction of sp³-hybridized carbons (Fsp3) is 0.294. The Hall–Kier alpha value is -4.17. The van der Waals surface area contributed by atoms with Crippen LogP contribution in [-0.2, 0) is 50.5 Å². The fourth-order valence-electron chi connectivity index (χ4n) is 5.55. The first-order valence-electron chi connectivity index (χ1n) is 16.3. The van der Waals surface area contributed by atoms with E-state index in [1.165, 1.54) is 0 Å². The first kappa shape index (κ1) is 42.6. The summed E-state index contributed by atoms with van der Waals surface area (Å²) in [6.45, 7) is 6.31. The molecule has 0 aromatic heterocycles. The summed E-state index contributed by atoms with van der Waals surface area (Å²) in [7, 11) is -8.03. The van der Waals surface area contributed by atoms with Crippen molar-refractivity contribution in [2.45, 2.75) is 49.9 Å². The van der Waals surface area contributed by atoms with Crippen LogP contribution in [0.5, 0.6) is 0 Å². The number of hydrogen-bond acceptors (Lipinski definition) is 11. The summed E-state index contributed by atoms with van der Waals surface area (Å²) < 4.78 is 44.0. The molecule has 0 radical (unpaired) electrons. The molecule has 2 heterocycles. The molecule has 0 bridgehead atoms. The molecule has 3 aromatic carbocycles. The summed E-state index contributed by atoms with van der Waals surface area (Å²) in [5, 5.41) is 10.6. The molecule has 2 aliphatic rings. The number of esters is 1. The third kappa shape index (κ3) is 10.3. The van der Waals surface area contributed by atoms with Crippen molar-refractivity contribution < 1.29 is 66.5 Å². The molecule has 2 amide bonds. The average Bonchev–Trinajstić information content (AvgIpc) is 3.49. The molecular formula is C34H37N8NaO8S2Si. The molecule has 5 rings (SSSR count). The summed E-state index contributed by atoms with van der Waals surface area (Å²) in [5.74, 6) is -2.59. The topological polar surface area (TPSA) is 228 Å². The maximum atomic E-state index is 13.2. The second kappa shape index (κ2) is 18.4. The van der Waals surface area contributed by atoms with Gasteiger partial charge in [0.25, 0.3) is 5.91 Å². The molecule has 3 atom stereocenters. The van der Waals surface area contributed by atoms with Crippen LogP contribution in [0, 0.1) is 0 Å². The third-order valence-electron chi connectivity index (χ3n) is 8.09. The number of rotatable bonds is 15. The van der Waals surface area contributed by atoms with Gasteiger partial charge in [0.1, 0.15) is 11.6 Å². The molecule has 1 saturated heterocycles. The fourth-order valence-corrected chi connectivity index (χ4v) is 8.30. The van der Waals surface area contributed by atoms with Crippen LogP contribution in [0.25, 0.3) is 10.4 Å². The van der Waals surface area contributed by atoms with Crippen LogP contribution >= 0.6 is 0 Å². The zero-order valence-corrected chi connectivity index (χ0v) is 34.6. The number of benzene rings is 3. The van der Waals surface area contributed by atoms with Crippen LogP contribution < -0.4 is 40.2 Å². The average molecular weight is 801 g/mol. The van der Waals surface area contributed by atoms with Crippen molar-refractivity contribution >= 4 is 52.0 Å². The van der Waals surface area contributed by atoms with Gasteiger partial charge in [-0.05, 0) is 28.3 Å². The smallest absolute Gasteiger partial charge is 0.731 e. The Labute approximate surface area is 338 Å². The van der Waals surface area contributed by atoms with Gasteiger partial charge in [-0.2, -0.15) is 0 Å². The minimum Gasteiger partial charge on any atom is -0.731 e. The first-order valence-corrected chi connectivity index (χ1v) is 22.6. The normalized spacial score (nSPS) is 19.1. The Morgan fingerprint density at radius 1 is 1.00 bits per heavy atom. The van der Waals surface area contributed by atoms with E-state index in [2.05, 4.69) is 44.8 Å². The van der Waals surface area contributed by atoms with Crippen molar-refractivity contribution in [2.75, 3.05) is 13.2 Å². The molecular weight excluding hydrogens is 764 g/mol. The van der Waals surface area contributed by atoms with E-state index in [0.29, 0.717) is 0 Å². The van der Waals surface area contributed by atoms with Crippen LogP contribution in [0.4, 0.5) is 0 Å². The van der Waals surface area contributed by atoms with Gasteiger partial charge in [-0.25, -0.2) is 27.3 Å². The quantitative estimate of drug-likeness (QED) is 0.0259. The zero-order chi connectivity index (χ0) is 38.2. The van der Waals surface area contributed by atoms with Crippen molar-refractivity contribution in [3.8, 4) is 0 Å². The van der Waals surface area contributed by atoms with Gasteiger partial charge in [-0.1, -0.05) is 120 Å². The van der Waals surface area contributed by atoms with Crippen LogP contribution in [0.1, 0.15) is 23.1 Å². The Balaban J connectivity index is 0.00000650. The predicted molar refractivity (Wildman–Crippen MR) is 199 cm³/mol. The summed E-state index contributed by atoms with van der Waals surface area (Å²) >= 11 is 0. The third-order valence-corrected chi connectivity index (χ3v) is 12.0. The number of amides is 2. The molecule has 2 N–H and O–H groups in total. The Bertz CT molecular complexity index is 2000. The Morgan fingerprint density at radius 3 is 2.02 bits per heavy atom. The largest absolute Gasteiger partial charge is 1.00 e. The van der Waals surface area contributed by atoms with E-state index in [1.807, 2.05) is 91.0 Å². The maximum absolute atomic E-state index is 13.2. The number of carbonyl (C=O) groups excluding carboxylic acids is 3. The van der Waals surface area contributed by atoms with E-state index in [9.17, 15) is 27.4 Å². The molecule has 20 heteroatoms. The minimum atomic E-state index is -5.28. The van der Waals surface area contributed by atoms with E-state index >= 15 is 0 Å². The number of ether oxygens (including phenoxy) is 1. The molecule has 3 aromatic rings. The molecule has 1 unspecified atom stereocenters. The van der Waals surface area contributed by atoms with Gasteiger partial charge in [-0.3, -0.25) is 9.59 Å². The second-order valence-electron chi connectivity index (χ2n) is 13.1. The van der Waals surface area contributed by atoms with Crippen LogP contribution in [0.15, 0.2) is 117 Å². The molecule has 54 heavy (non-hydrogen) atoms. The maximum Gasteiger partial charge on any atom is 1.00 e. The van der Waals surface area contributed by atoms with Crippen LogP contribution in [0.3, 0.4) is 0 Å². The summed E-state index contributed by atoms with van der Waals surface area (Å²) in [6, 6.07) is 28.0. The Kier molecular flexibility index (Phi) is 14.5. The van der Waals surface area contributed by atoms with Gasteiger partial charge in [0.2, 0.25) is 5.91 Å². The number of β-lactam (4-membered cyclic amide) rings is 1. The predicted octanol–water partition coefficient (Wildman–Crippen LogP) is 1.21. The number of azide groups is 1. The molecule has 278 valence electrons. The van der Waals surface area contributed by atoms with E-state index in [1.54, 1.807) is 5.41 Å². The number of nitrogens with zero attached hydrogens (tertiary/aromatic N) is 6. The molecule has 0 aliphatic carbocycles. The molecule has 16 nitrogen and oxygen atoms in total. The van der Waals surface area contributed by atoms with Gasteiger partial charge in [-0.15, -0.1) is 0 Å². The van der Waals surface area contributed by atoms with Crippen molar-refractivity contribution in [1.82, 2.24) is 14.9 Å². The van der Waals surface area contributed by atoms with Crippen LogP contribution in [-0.4, -0.2) is 73.7 Å². The number of nitrogens with one attached hydrogen (secondary N) is 2. The van der Waals surface area contributed by atoms with E-state index in [-0.39, 0.29) is 57.8 Å². The monoisotopic (exact) mass is 800 g/mol. The first-order chi connectivity index (χ1) is 25.2.